The average Bonchev–Trinajstić information content (AvgIpc) is 2.58. The zero-order valence-electron chi connectivity index (χ0n) is 15.6. The molecule has 2 aromatic carbocycles. The van der Waals surface area contributed by atoms with Crippen molar-refractivity contribution in [1.29, 1.82) is 0 Å². The molecule has 0 unspecified atom stereocenters. The molecule has 0 aromatic heterocycles. The number of aryl methyl sites for hydroxylation is 1. The van der Waals surface area contributed by atoms with Crippen LogP contribution in [0.5, 0.6) is 11.5 Å². The molecule has 2 aromatic rings. The molecule has 1 N–H and O–H groups in total. The third-order valence-corrected chi connectivity index (χ3v) is 4.74. The topological polar surface area (TPSA) is 30.5 Å². The Labute approximate surface area is 159 Å². The monoisotopic (exact) mass is 405 g/mol. The highest BCUT2D eigenvalue weighted by Gasteiger charge is 2.12. The smallest absolute Gasteiger partial charge is 0.175 e. The normalized spacial score (nSPS) is 11.0. The quantitative estimate of drug-likeness (QED) is 0.560. The molecule has 0 amide bonds. The Morgan fingerprint density at radius 1 is 1.16 bits per heavy atom. The van der Waals surface area contributed by atoms with E-state index in [0.717, 1.165) is 29.1 Å². The lowest BCUT2D eigenvalue weighted by atomic mass is 10.1. The Hall–Kier alpha value is -1.52. The summed E-state index contributed by atoms with van der Waals surface area (Å²) < 4.78 is 12.5. The minimum atomic E-state index is 0.521. The fraction of sp³-hybridized carbons (Fsp3) is 0.429. The summed E-state index contributed by atoms with van der Waals surface area (Å²) in [6, 6.07) is 12.4. The average molecular weight is 406 g/mol. The number of nitrogens with one attached hydrogen (secondary N) is 1. The van der Waals surface area contributed by atoms with Gasteiger partial charge in [-0.3, -0.25) is 0 Å². The van der Waals surface area contributed by atoms with Crippen LogP contribution in [0.3, 0.4) is 0 Å². The number of hydrogen-bond acceptors (Lipinski definition) is 3. The van der Waals surface area contributed by atoms with Crippen molar-refractivity contribution in [2.75, 3.05) is 13.7 Å². The molecule has 0 aliphatic carbocycles. The van der Waals surface area contributed by atoms with Crippen molar-refractivity contribution in [2.24, 2.45) is 5.92 Å². The third kappa shape index (κ3) is 6.05. The van der Waals surface area contributed by atoms with Gasteiger partial charge in [-0.15, -0.1) is 0 Å². The van der Waals surface area contributed by atoms with Crippen LogP contribution in [-0.4, -0.2) is 13.7 Å². The van der Waals surface area contributed by atoms with E-state index in [1.807, 2.05) is 18.2 Å². The van der Waals surface area contributed by atoms with Crippen LogP contribution in [-0.2, 0) is 13.2 Å². The van der Waals surface area contributed by atoms with Gasteiger partial charge in [0.25, 0.3) is 0 Å². The number of benzene rings is 2. The van der Waals surface area contributed by atoms with Gasteiger partial charge < -0.3 is 14.8 Å². The van der Waals surface area contributed by atoms with Gasteiger partial charge in [-0.25, -0.2) is 0 Å². The molecule has 0 saturated heterocycles. The lowest BCUT2D eigenvalue weighted by molar-refractivity contribution is 0.281. The molecule has 2 rings (SSSR count). The zero-order chi connectivity index (χ0) is 18.2. The van der Waals surface area contributed by atoms with Gasteiger partial charge in [0.15, 0.2) is 11.5 Å². The van der Waals surface area contributed by atoms with Crippen LogP contribution in [0.2, 0.25) is 0 Å². The summed E-state index contributed by atoms with van der Waals surface area (Å²) in [5.74, 6) is 2.21. The fourth-order valence-electron chi connectivity index (χ4n) is 2.56. The SMILES string of the molecule is COc1cc(CNCCC(C)C)cc(Br)c1OCc1ccccc1C. The van der Waals surface area contributed by atoms with Crippen molar-refractivity contribution in [2.45, 2.75) is 40.3 Å². The molecule has 136 valence electrons. The molecule has 25 heavy (non-hydrogen) atoms. The largest absolute Gasteiger partial charge is 0.493 e. The number of halogens is 1. The molecule has 0 radical (unpaired) electrons. The van der Waals surface area contributed by atoms with Crippen LogP contribution in [0, 0.1) is 12.8 Å². The van der Waals surface area contributed by atoms with Crippen molar-refractivity contribution in [3.8, 4) is 11.5 Å². The lowest BCUT2D eigenvalue weighted by Gasteiger charge is -2.16. The van der Waals surface area contributed by atoms with E-state index in [0.29, 0.717) is 12.5 Å². The van der Waals surface area contributed by atoms with E-state index in [2.05, 4.69) is 60.2 Å². The maximum Gasteiger partial charge on any atom is 0.175 e. The van der Waals surface area contributed by atoms with Crippen LogP contribution >= 0.6 is 15.9 Å². The van der Waals surface area contributed by atoms with Gasteiger partial charge in [-0.1, -0.05) is 38.1 Å². The molecule has 0 atom stereocenters. The third-order valence-electron chi connectivity index (χ3n) is 4.15. The standard InChI is InChI=1S/C21H28BrNO2/c1-15(2)9-10-23-13-17-11-19(22)21(20(12-17)24-4)25-14-18-8-6-5-7-16(18)3/h5-8,11-12,15,23H,9-10,13-14H2,1-4H3. The summed E-state index contributed by atoms with van der Waals surface area (Å²) in [5.41, 5.74) is 3.58. The Morgan fingerprint density at radius 2 is 1.92 bits per heavy atom. The maximum absolute atomic E-state index is 6.05. The molecule has 3 nitrogen and oxygen atoms in total. The molecule has 0 spiro atoms. The first-order valence-electron chi connectivity index (χ1n) is 8.75. The van der Waals surface area contributed by atoms with Gasteiger partial charge in [-0.2, -0.15) is 0 Å². The molecule has 0 fully saturated rings. The number of rotatable bonds is 9. The highest BCUT2D eigenvalue weighted by Crippen LogP contribution is 2.37. The lowest BCUT2D eigenvalue weighted by Crippen LogP contribution is -2.16. The van der Waals surface area contributed by atoms with E-state index >= 15 is 0 Å². The summed E-state index contributed by atoms with van der Waals surface area (Å²) in [4.78, 5) is 0. The Kier molecular flexibility index (Phi) is 7.79. The van der Waals surface area contributed by atoms with Crippen molar-refractivity contribution in [3.63, 3.8) is 0 Å². The van der Waals surface area contributed by atoms with E-state index in [-0.39, 0.29) is 0 Å². The molecule has 0 heterocycles. The summed E-state index contributed by atoms with van der Waals surface area (Å²) in [6.07, 6.45) is 1.18. The summed E-state index contributed by atoms with van der Waals surface area (Å²) in [5, 5.41) is 3.48. The highest BCUT2D eigenvalue weighted by molar-refractivity contribution is 9.10. The van der Waals surface area contributed by atoms with Gasteiger partial charge in [0.1, 0.15) is 6.61 Å². The molecule has 0 aliphatic rings. The predicted octanol–water partition coefficient (Wildman–Crippen LogP) is 5.48. The van der Waals surface area contributed by atoms with Crippen molar-refractivity contribution >= 4 is 15.9 Å². The van der Waals surface area contributed by atoms with E-state index < -0.39 is 0 Å². The first-order valence-corrected chi connectivity index (χ1v) is 9.55. The molecular formula is C21H28BrNO2. The summed E-state index contributed by atoms with van der Waals surface area (Å²) in [7, 11) is 1.68. The second-order valence-electron chi connectivity index (χ2n) is 6.68. The van der Waals surface area contributed by atoms with Gasteiger partial charge in [0, 0.05) is 6.54 Å². The van der Waals surface area contributed by atoms with Gasteiger partial charge >= 0.3 is 0 Å². The molecule has 4 heteroatoms. The minimum Gasteiger partial charge on any atom is -0.493 e. The van der Waals surface area contributed by atoms with E-state index in [4.69, 9.17) is 9.47 Å². The second kappa shape index (κ2) is 9.83. The van der Waals surface area contributed by atoms with Crippen LogP contribution in [0.25, 0.3) is 0 Å². The second-order valence-corrected chi connectivity index (χ2v) is 7.54. The van der Waals surface area contributed by atoms with Crippen LogP contribution in [0.1, 0.15) is 37.0 Å². The van der Waals surface area contributed by atoms with Crippen LogP contribution < -0.4 is 14.8 Å². The Balaban J connectivity index is 2.04. The maximum atomic E-state index is 6.05. The minimum absolute atomic E-state index is 0.521. The van der Waals surface area contributed by atoms with Crippen molar-refractivity contribution in [3.05, 3.63) is 57.6 Å². The number of ether oxygens (including phenoxy) is 2. The van der Waals surface area contributed by atoms with Gasteiger partial charge in [0.05, 0.1) is 11.6 Å². The summed E-state index contributed by atoms with van der Waals surface area (Å²) in [6.45, 7) is 8.93. The molecule has 0 aliphatic heterocycles. The molecule has 0 saturated carbocycles. The number of methoxy groups -OCH3 is 1. The van der Waals surface area contributed by atoms with Crippen LogP contribution in [0.15, 0.2) is 40.9 Å². The van der Waals surface area contributed by atoms with Crippen LogP contribution in [0.4, 0.5) is 0 Å². The van der Waals surface area contributed by atoms with E-state index in [9.17, 15) is 0 Å². The zero-order valence-corrected chi connectivity index (χ0v) is 17.2. The fourth-order valence-corrected chi connectivity index (χ4v) is 3.16. The molecule has 0 bridgehead atoms. The van der Waals surface area contributed by atoms with Gasteiger partial charge in [-0.05, 0) is 70.6 Å². The molecular weight excluding hydrogens is 378 g/mol. The first kappa shape index (κ1) is 19.8. The number of hydrogen-bond donors (Lipinski definition) is 1. The Morgan fingerprint density at radius 3 is 2.60 bits per heavy atom. The predicted molar refractivity (Wildman–Crippen MR) is 107 cm³/mol. The van der Waals surface area contributed by atoms with E-state index in [1.165, 1.54) is 23.1 Å². The van der Waals surface area contributed by atoms with Crippen molar-refractivity contribution in [1.82, 2.24) is 5.32 Å². The summed E-state index contributed by atoms with van der Waals surface area (Å²) >= 11 is 3.63. The first-order chi connectivity index (χ1) is 12.0. The van der Waals surface area contributed by atoms with E-state index in [1.54, 1.807) is 7.11 Å². The van der Waals surface area contributed by atoms with Crippen molar-refractivity contribution < 1.29 is 9.47 Å². The van der Waals surface area contributed by atoms with Gasteiger partial charge in [0.2, 0.25) is 0 Å². The highest BCUT2D eigenvalue weighted by atomic mass is 79.9. The Bertz CT molecular complexity index is 686.